The molecule has 5 heteroatoms. The van der Waals surface area contributed by atoms with E-state index in [0.717, 1.165) is 5.56 Å². The third kappa shape index (κ3) is 3.31. The van der Waals surface area contributed by atoms with Gasteiger partial charge >= 0.3 is 0 Å². The van der Waals surface area contributed by atoms with E-state index < -0.39 is 0 Å². The van der Waals surface area contributed by atoms with Crippen molar-refractivity contribution in [1.29, 1.82) is 0 Å². The van der Waals surface area contributed by atoms with Crippen molar-refractivity contribution in [2.75, 3.05) is 6.54 Å². The first-order valence-corrected chi connectivity index (χ1v) is 4.26. The fourth-order valence-corrected chi connectivity index (χ4v) is 1.04. The number of hydrogen-bond acceptors (Lipinski definition) is 2. The zero-order chi connectivity index (χ0) is 11.1. The molecule has 0 saturated heterocycles. The molecule has 0 spiro atoms. The van der Waals surface area contributed by atoms with E-state index >= 15 is 0 Å². The van der Waals surface area contributed by atoms with E-state index in [9.17, 15) is 4.39 Å². The lowest BCUT2D eigenvalue weighted by Gasteiger charge is -2.00. The van der Waals surface area contributed by atoms with Gasteiger partial charge in [0.05, 0.1) is 6.54 Å². The number of benzene rings is 1. The number of halogens is 1. The Bertz CT molecular complexity index is 452. The molecule has 1 rings (SSSR count). The molecule has 0 heterocycles. The molecule has 76 valence electrons. The normalized spacial score (nSPS) is 8.67. The summed E-state index contributed by atoms with van der Waals surface area (Å²) in [5.74, 6) is 4.96. The summed E-state index contributed by atoms with van der Waals surface area (Å²) in [4.78, 5) is 2.55. The van der Waals surface area contributed by atoms with Crippen molar-refractivity contribution in [3.63, 3.8) is 0 Å². The van der Waals surface area contributed by atoms with Gasteiger partial charge in [-0.2, -0.15) is 0 Å². The molecule has 0 fully saturated rings. The topological polar surface area (TPSA) is 74.8 Å². The fraction of sp³-hybridized carbons (Fsp3) is 0.200. The van der Waals surface area contributed by atoms with Gasteiger partial charge in [-0.25, -0.2) is 4.39 Å². The van der Waals surface area contributed by atoms with Crippen LogP contribution in [-0.4, -0.2) is 6.54 Å². The van der Waals surface area contributed by atoms with Gasteiger partial charge in [0.1, 0.15) is 5.82 Å². The van der Waals surface area contributed by atoms with Gasteiger partial charge in [-0.05, 0) is 23.2 Å². The Morgan fingerprint density at radius 3 is 3.00 bits per heavy atom. The van der Waals surface area contributed by atoms with Crippen LogP contribution in [0.3, 0.4) is 0 Å². The summed E-state index contributed by atoms with van der Waals surface area (Å²) >= 11 is 0. The van der Waals surface area contributed by atoms with Gasteiger partial charge in [0, 0.05) is 17.0 Å². The molecule has 0 saturated carbocycles. The van der Waals surface area contributed by atoms with Gasteiger partial charge in [0.25, 0.3) is 0 Å². The van der Waals surface area contributed by atoms with Crippen LogP contribution in [0.4, 0.5) is 4.39 Å². The molecule has 0 aromatic heterocycles. The van der Waals surface area contributed by atoms with E-state index in [4.69, 9.17) is 11.3 Å². The maximum atomic E-state index is 12.9. The summed E-state index contributed by atoms with van der Waals surface area (Å²) in [6, 6.07) is 4.24. The first-order chi connectivity index (χ1) is 7.27. The lowest BCUT2D eigenvalue weighted by Crippen LogP contribution is -1.99. The maximum Gasteiger partial charge on any atom is 0.124 e. The van der Waals surface area contributed by atoms with Crippen molar-refractivity contribution in [3.05, 3.63) is 45.6 Å². The third-order valence-corrected chi connectivity index (χ3v) is 1.73. The minimum Gasteiger partial charge on any atom is -0.326 e. The van der Waals surface area contributed by atoms with Crippen LogP contribution in [0.5, 0.6) is 0 Å². The number of rotatable bonds is 2. The van der Waals surface area contributed by atoms with Gasteiger partial charge < -0.3 is 5.73 Å². The Balaban J connectivity index is 2.94. The van der Waals surface area contributed by atoms with Crippen molar-refractivity contribution in [2.24, 2.45) is 10.8 Å². The van der Waals surface area contributed by atoms with Gasteiger partial charge in [0.2, 0.25) is 0 Å². The molecule has 0 bridgehead atoms. The highest BCUT2D eigenvalue weighted by atomic mass is 19.1. The molecular weight excluding hydrogens is 195 g/mol. The van der Waals surface area contributed by atoms with Crippen molar-refractivity contribution >= 4 is 0 Å². The maximum absolute atomic E-state index is 12.9. The minimum atomic E-state index is -0.361. The summed E-state index contributed by atoms with van der Waals surface area (Å²) < 4.78 is 12.9. The van der Waals surface area contributed by atoms with Gasteiger partial charge in [-0.1, -0.05) is 23.0 Å². The van der Waals surface area contributed by atoms with E-state index in [1.807, 2.05) is 0 Å². The van der Waals surface area contributed by atoms with Crippen LogP contribution in [0.15, 0.2) is 23.3 Å². The largest absolute Gasteiger partial charge is 0.326 e. The van der Waals surface area contributed by atoms with Crippen LogP contribution >= 0.6 is 0 Å². The average Bonchev–Trinajstić information content (AvgIpc) is 2.25. The predicted octanol–water partition coefficient (Wildman–Crippen LogP) is 1.95. The smallest absolute Gasteiger partial charge is 0.124 e. The summed E-state index contributed by atoms with van der Waals surface area (Å²) in [5.41, 5.74) is 14.8. The molecule has 4 nitrogen and oxygen atoms in total. The highest BCUT2D eigenvalue weighted by Gasteiger charge is 1.99. The Morgan fingerprint density at radius 1 is 1.53 bits per heavy atom. The Hall–Kier alpha value is -2.02. The van der Waals surface area contributed by atoms with Gasteiger partial charge in [0.15, 0.2) is 0 Å². The molecule has 0 aliphatic rings. The highest BCUT2D eigenvalue weighted by molar-refractivity contribution is 5.41. The molecule has 0 amide bonds. The molecular formula is C10H9FN4. The molecule has 1 aromatic rings. The quantitative estimate of drug-likeness (QED) is 0.340. The molecule has 1 aromatic carbocycles. The SMILES string of the molecule is [N-]=[N+]=NCC#Cc1cc(F)ccc1CN. The van der Waals surface area contributed by atoms with E-state index in [2.05, 4.69) is 21.9 Å². The van der Waals surface area contributed by atoms with Crippen molar-refractivity contribution in [3.8, 4) is 11.8 Å². The monoisotopic (exact) mass is 204 g/mol. The second kappa shape index (κ2) is 5.66. The number of nitrogens with two attached hydrogens (primary N) is 1. The lowest BCUT2D eigenvalue weighted by molar-refractivity contribution is 0.626. The molecule has 0 aliphatic carbocycles. The van der Waals surface area contributed by atoms with E-state index in [0.29, 0.717) is 12.1 Å². The third-order valence-electron chi connectivity index (χ3n) is 1.73. The first-order valence-electron chi connectivity index (χ1n) is 4.26. The second-order valence-electron chi connectivity index (χ2n) is 2.70. The summed E-state index contributed by atoms with van der Waals surface area (Å²) in [7, 11) is 0. The Morgan fingerprint density at radius 2 is 2.33 bits per heavy atom. The summed E-state index contributed by atoms with van der Waals surface area (Å²) in [6.45, 7) is 0.364. The molecule has 0 aliphatic heterocycles. The van der Waals surface area contributed by atoms with Crippen molar-refractivity contribution in [2.45, 2.75) is 6.54 Å². The van der Waals surface area contributed by atoms with Crippen LogP contribution in [-0.2, 0) is 6.54 Å². The van der Waals surface area contributed by atoms with E-state index in [1.54, 1.807) is 6.07 Å². The van der Waals surface area contributed by atoms with Crippen LogP contribution in [0.25, 0.3) is 10.4 Å². The van der Waals surface area contributed by atoms with Crippen LogP contribution in [0.2, 0.25) is 0 Å². The summed E-state index contributed by atoms with van der Waals surface area (Å²) in [6.07, 6.45) is 0. The van der Waals surface area contributed by atoms with E-state index in [1.165, 1.54) is 12.1 Å². The lowest BCUT2D eigenvalue weighted by atomic mass is 10.1. The molecule has 0 atom stereocenters. The predicted molar refractivity (Wildman–Crippen MR) is 55.2 cm³/mol. The summed E-state index contributed by atoms with van der Waals surface area (Å²) in [5, 5.41) is 3.25. The van der Waals surface area contributed by atoms with Crippen LogP contribution < -0.4 is 5.73 Å². The fourth-order valence-electron chi connectivity index (χ4n) is 1.04. The number of azide groups is 1. The van der Waals surface area contributed by atoms with Gasteiger partial charge in [-0.3, -0.25) is 0 Å². The number of hydrogen-bond donors (Lipinski definition) is 1. The molecule has 2 N–H and O–H groups in total. The minimum absolute atomic E-state index is 0.0665. The zero-order valence-electron chi connectivity index (χ0n) is 7.94. The van der Waals surface area contributed by atoms with Crippen molar-refractivity contribution < 1.29 is 4.39 Å². The molecule has 0 unspecified atom stereocenters. The first kappa shape index (κ1) is 11.1. The zero-order valence-corrected chi connectivity index (χ0v) is 7.94. The Kier molecular flexibility index (Phi) is 4.17. The standard InChI is InChI=1S/C10H9FN4/c11-10-4-3-9(7-12)8(6-10)2-1-5-14-15-13/h3-4,6H,5,7,12H2. The van der Waals surface area contributed by atoms with Crippen LogP contribution in [0.1, 0.15) is 11.1 Å². The Labute approximate surface area is 86.5 Å². The second-order valence-corrected chi connectivity index (χ2v) is 2.70. The van der Waals surface area contributed by atoms with Crippen molar-refractivity contribution in [1.82, 2.24) is 0 Å². The molecule has 0 radical (unpaired) electrons. The molecule has 15 heavy (non-hydrogen) atoms. The van der Waals surface area contributed by atoms with Gasteiger partial charge in [-0.15, -0.1) is 0 Å². The van der Waals surface area contributed by atoms with E-state index in [-0.39, 0.29) is 12.4 Å². The number of nitrogens with zero attached hydrogens (tertiary/aromatic N) is 3. The average molecular weight is 204 g/mol. The van der Waals surface area contributed by atoms with Crippen LogP contribution in [0, 0.1) is 17.7 Å². The highest BCUT2D eigenvalue weighted by Crippen LogP contribution is 2.09.